The Morgan fingerprint density at radius 1 is 1.14 bits per heavy atom. The molecule has 0 aliphatic carbocycles. The maximum atomic E-state index is 13.6. The van der Waals surface area contributed by atoms with E-state index in [9.17, 15) is 18.0 Å². The number of nitrogens with two attached hydrogens (primary N) is 1. The van der Waals surface area contributed by atoms with E-state index in [4.69, 9.17) is 5.14 Å². The average Bonchev–Trinajstić information content (AvgIpc) is 3.15. The van der Waals surface area contributed by atoms with Gasteiger partial charge in [0.1, 0.15) is 0 Å². The molecule has 3 heterocycles. The van der Waals surface area contributed by atoms with Crippen molar-refractivity contribution >= 4 is 21.8 Å². The molecule has 0 aromatic heterocycles. The second-order valence-electron chi connectivity index (χ2n) is 8.99. The summed E-state index contributed by atoms with van der Waals surface area (Å²) in [7, 11) is 0.0634. The number of fused-ring (bicyclic) bond motifs is 2. The van der Waals surface area contributed by atoms with Crippen LogP contribution in [-0.4, -0.2) is 86.5 Å². The Morgan fingerprint density at radius 2 is 1.79 bits per heavy atom. The van der Waals surface area contributed by atoms with E-state index < -0.39 is 15.4 Å². The molecular formula is C19H34N4O4S. The molecule has 160 valence electrons. The molecule has 0 aromatic rings. The zero-order valence-corrected chi connectivity index (χ0v) is 18.1. The number of likely N-dealkylation sites (N-methyl/N-ethyl adjacent to an activating group) is 1. The van der Waals surface area contributed by atoms with E-state index in [0.717, 1.165) is 25.7 Å². The van der Waals surface area contributed by atoms with Crippen LogP contribution in [0, 0.1) is 11.3 Å². The van der Waals surface area contributed by atoms with Crippen LogP contribution >= 0.6 is 0 Å². The molecule has 28 heavy (non-hydrogen) atoms. The molecule has 3 fully saturated rings. The molecule has 0 spiro atoms. The fourth-order valence-electron chi connectivity index (χ4n) is 5.55. The van der Waals surface area contributed by atoms with Gasteiger partial charge in [0.05, 0.1) is 17.7 Å². The van der Waals surface area contributed by atoms with Gasteiger partial charge in [-0.05, 0) is 44.4 Å². The number of rotatable bonds is 6. The standard InChI is InChI=1S/C19H34N4O4S/c1-4-19(11-15-5-6-16(19)23(15)12-17(24)21(2)3)18(25)22-9-7-14(8-10-22)13-28(20,26)27/h14-16H,4-13H2,1-3H3,(H2,20,26,27)/t15-,16+,19+/m1/s1. The molecule has 3 rings (SSSR count). The molecule has 3 aliphatic heterocycles. The van der Waals surface area contributed by atoms with Crippen LogP contribution in [-0.2, 0) is 19.6 Å². The minimum atomic E-state index is -3.47. The van der Waals surface area contributed by atoms with Gasteiger partial charge in [0, 0.05) is 39.3 Å². The highest BCUT2D eigenvalue weighted by atomic mass is 32.2. The molecule has 9 heteroatoms. The van der Waals surface area contributed by atoms with Crippen LogP contribution < -0.4 is 5.14 Å². The number of hydrogen-bond acceptors (Lipinski definition) is 5. The molecule has 2 amide bonds. The van der Waals surface area contributed by atoms with Gasteiger partial charge in [-0.3, -0.25) is 14.5 Å². The fourth-order valence-corrected chi connectivity index (χ4v) is 6.54. The first-order chi connectivity index (χ1) is 13.1. The molecule has 2 N–H and O–H groups in total. The number of piperidine rings is 1. The van der Waals surface area contributed by atoms with Crippen LogP contribution in [0.4, 0.5) is 0 Å². The van der Waals surface area contributed by atoms with E-state index in [-0.39, 0.29) is 29.5 Å². The van der Waals surface area contributed by atoms with Gasteiger partial charge in [-0.15, -0.1) is 0 Å². The van der Waals surface area contributed by atoms with Crippen molar-refractivity contribution in [2.45, 2.75) is 57.5 Å². The minimum absolute atomic E-state index is 0.000918. The van der Waals surface area contributed by atoms with Crippen molar-refractivity contribution in [3.63, 3.8) is 0 Å². The SMILES string of the molecule is CC[C@]1(C(=O)N2CCC(CS(N)(=O)=O)CC2)C[C@H]2CC[C@@H]1N2CC(=O)N(C)C. The first-order valence-corrected chi connectivity index (χ1v) is 12.0. The molecule has 3 atom stereocenters. The Morgan fingerprint density at radius 3 is 2.32 bits per heavy atom. The van der Waals surface area contributed by atoms with Crippen molar-refractivity contribution in [1.29, 1.82) is 0 Å². The third-order valence-corrected chi connectivity index (χ3v) is 8.06. The summed E-state index contributed by atoms with van der Waals surface area (Å²) >= 11 is 0. The summed E-state index contributed by atoms with van der Waals surface area (Å²) in [6, 6.07) is 0.429. The molecular weight excluding hydrogens is 380 g/mol. The monoisotopic (exact) mass is 414 g/mol. The third-order valence-electron chi connectivity index (χ3n) is 7.12. The summed E-state index contributed by atoms with van der Waals surface area (Å²) in [5, 5.41) is 5.18. The van der Waals surface area contributed by atoms with Crippen molar-refractivity contribution in [1.82, 2.24) is 14.7 Å². The second-order valence-corrected chi connectivity index (χ2v) is 10.6. The smallest absolute Gasteiger partial charge is 0.236 e. The maximum Gasteiger partial charge on any atom is 0.236 e. The topological polar surface area (TPSA) is 104 Å². The van der Waals surface area contributed by atoms with Gasteiger partial charge in [0.2, 0.25) is 21.8 Å². The van der Waals surface area contributed by atoms with Crippen molar-refractivity contribution in [3.05, 3.63) is 0 Å². The second kappa shape index (κ2) is 7.91. The lowest BCUT2D eigenvalue weighted by Crippen LogP contribution is -2.53. The molecule has 0 unspecified atom stereocenters. The highest BCUT2D eigenvalue weighted by Gasteiger charge is 2.59. The van der Waals surface area contributed by atoms with Gasteiger partial charge < -0.3 is 9.80 Å². The first-order valence-electron chi connectivity index (χ1n) is 10.3. The van der Waals surface area contributed by atoms with E-state index in [0.29, 0.717) is 38.5 Å². The van der Waals surface area contributed by atoms with E-state index >= 15 is 0 Å². The van der Waals surface area contributed by atoms with Gasteiger partial charge in [-0.2, -0.15) is 0 Å². The van der Waals surface area contributed by atoms with Gasteiger partial charge in [-0.1, -0.05) is 6.92 Å². The van der Waals surface area contributed by atoms with E-state index in [1.54, 1.807) is 19.0 Å². The molecule has 0 saturated carbocycles. The van der Waals surface area contributed by atoms with E-state index in [2.05, 4.69) is 11.8 Å². The number of carbonyl (C=O) groups excluding carboxylic acids is 2. The van der Waals surface area contributed by atoms with Crippen molar-refractivity contribution in [2.24, 2.45) is 16.5 Å². The highest BCUT2D eigenvalue weighted by molar-refractivity contribution is 7.89. The predicted molar refractivity (Wildman–Crippen MR) is 107 cm³/mol. The third kappa shape index (κ3) is 4.07. The minimum Gasteiger partial charge on any atom is -0.348 e. The molecule has 3 aliphatic rings. The summed E-state index contributed by atoms with van der Waals surface area (Å²) in [5.41, 5.74) is -0.414. The van der Waals surface area contributed by atoms with Crippen LogP contribution in [0.5, 0.6) is 0 Å². The summed E-state index contributed by atoms with van der Waals surface area (Å²) in [6.45, 7) is 3.65. The normalized spacial score (nSPS) is 31.4. The Labute approximate surface area is 168 Å². The van der Waals surface area contributed by atoms with Crippen molar-refractivity contribution < 1.29 is 18.0 Å². The average molecular weight is 415 g/mol. The Bertz CT molecular complexity index is 717. The Hall–Kier alpha value is -1.19. The van der Waals surface area contributed by atoms with Crippen molar-refractivity contribution in [3.8, 4) is 0 Å². The summed E-state index contributed by atoms with van der Waals surface area (Å²) in [5.74, 6) is 0.309. The molecule has 0 aromatic carbocycles. The number of likely N-dealkylation sites (tertiary alicyclic amines) is 1. The van der Waals surface area contributed by atoms with Crippen LogP contribution in [0.1, 0.15) is 45.4 Å². The fraction of sp³-hybridized carbons (Fsp3) is 0.895. The molecule has 3 saturated heterocycles. The zero-order valence-electron chi connectivity index (χ0n) is 17.3. The van der Waals surface area contributed by atoms with Crippen LogP contribution in [0.25, 0.3) is 0 Å². The number of carbonyl (C=O) groups is 2. The first kappa shape index (κ1) is 21.5. The lowest BCUT2D eigenvalue weighted by Gasteiger charge is -2.42. The molecule has 8 nitrogen and oxygen atoms in total. The van der Waals surface area contributed by atoms with E-state index in [1.165, 1.54) is 0 Å². The Balaban J connectivity index is 1.68. The van der Waals surface area contributed by atoms with Gasteiger partial charge in [-0.25, -0.2) is 13.6 Å². The Kier molecular flexibility index (Phi) is 6.08. The highest BCUT2D eigenvalue weighted by Crippen LogP contribution is 2.52. The van der Waals surface area contributed by atoms with Crippen LogP contribution in [0.15, 0.2) is 0 Å². The molecule has 2 bridgehead atoms. The molecule has 0 radical (unpaired) electrons. The van der Waals surface area contributed by atoms with Crippen LogP contribution in [0.3, 0.4) is 0 Å². The summed E-state index contributed by atoms with van der Waals surface area (Å²) in [6.07, 6.45) is 4.98. The van der Waals surface area contributed by atoms with E-state index in [1.807, 2.05) is 4.90 Å². The van der Waals surface area contributed by atoms with Gasteiger partial charge in [0.15, 0.2) is 0 Å². The maximum absolute atomic E-state index is 13.6. The number of primary sulfonamides is 1. The lowest BCUT2D eigenvalue weighted by molar-refractivity contribution is -0.146. The number of nitrogens with zero attached hydrogens (tertiary/aromatic N) is 3. The lowest BCUT2D eigenvalue weighted by atomic mass is 9.70. The predicted octanol–water partition coefficient (Wildman–Crippen LogP) is 0.235. The number of hydrogen-bond donors (Lipinski definition) is 1. The number of amides is 2. The van der Waals surface area contributed by atoms with Gasteiger partial charge >= 0.3 is 0 Å². The van der Waals surface area contributed by atoms with Gasteiger partial charge in [0.25, 0.3) is 0 Å². The summed E-state index contributed by atoms with van der Waals surface area (Å²) < 4.78 is 22.7. The number of sulfonamides is 1. The largest absolute Gasteiger partial charge is 0.348 e. The zero-order chi connectivity index (χ0) is 20.7. The summed E-state index contributed by atoms with van der Waals surface area (Å²) in [4.78, 5) is 31.6. The van der Waals surface area contributed by atoms with Crippen LogP contribution in [0.2, 0.25) is 0 Å². The quantitative estimate of drug-likeness (QED) is 0.670. The van der Waals surface area contributed by atoms with Crippen molar-refractivity contribution in [2.75, 3.05) is 39.5 Å².